The van der Waals surface area contributed by atoms with Crippen molar-refractivity contribution in [1.29, 1.82) is 0 Å². The molecule has 0 aromatic heterocycles. The van der Waals surface area contributed by atoms with E-state index in [2.05, 4.69) is 13.5 Å². The Morgan fingerprint density at radius 1 is 1.25 bits per heavy atom. The van der Waals surface area contributed by atoms with Gasteiger partial charge in [0.05, 0.1) is 0 Å². The van der Waals surface area contributed by atoms with Crippen molar-refractivity contribution in [2.24, 2.45) is 5.92 Å². The van der Waals surface area contributed by atoms with Crippen LogP contribution in [0.15, 0.2) is 12.7 Å². The highest BCUT2D eigenvalue weighted by atomic mass is 16.4. The molecule has 0 amide bonds. The lowest BCUT2D eigenvalue weighted by Crippen LogP contribution is -2.08. The molecule has 0 heterocycles. The molecule has 0 aromatic rings. The van der Waals surface area contributed by atoms with Crippen molar-refractivity contribution in [3.8, 4) is 0 Å². The van der Waals surface area contributed by atoms with E-state index in [4.69, 9.17) is 5.11 Å². The first kappa shape index (κ1) is 15.2. The summed E-state index contributed by atoms with van der Waals surface area (Å²) in [7, 11) is 0. The molecule has 16 heavy (non-hydrogen) atoms. The minimum absolute atomic E-state index is 0.337. The maximum atomic E-state index is 10.7. The zero-order valence-corrected chi connectivity index (χ0v) is 10.6. The van der Waals surface area contributed by atoms with E-state index >= 15 is 0 Å². The van der Waals surface area contributed by atoms with E-state index in [9.17, 15) is 4.79 Å². The number of allylic oxidation sites excluding steroid dienone is 1. The molecule has 2 nitrogen and oxygen atoms in total. The summed E-state index contributed by atoms with van der Waals surface area (Å²) in [4.78, 5) is 10.7. The van der Waals surface area contributed by atoms with Gasteiger partial charge in [-0.3, -0.25) is 4.79 Å². The average molecular weight is 226 g/mol. The Hall–Kier alpha value is -0.790. The van der Waals surface area contributed by atoms with Gasteiger partial charge in [0.1, 0.15) is 0 Å². The van der Waals surface area contributed by atoms with Gasteiger partial charge < -0.3 is 5.11 Å². The highest BCUT2D eigenvalue weighted by Crippen LogP contribution is 2.20. The molecular weight excluding hydrogens is 200 g/mol. The van der Waals surface area contributed by atoms with Crippen molar-refractivity contribution in [1.82, 2.24) is 0 Å². The van der Waals surface area contributed by atoms with Gasteiger partial charge in [0.2, 0.25) is 0 Å². The van der Waals surface area contributed by atoms with Crippen LogP contribution in [0.5, 0.6) is 0 Å². The van der Waals surface area contributed by atoms with Crippen LogP contribution in [0.25, 0.3) is 0 Å². The van der Waals surface area contributed by atoms with E-state index in [0.717, 1.165) is 25.7 Å². The summed E-state index contributed by atoms with van der Waals surface area (Å²) in [5.74, 6) is -0.284. The van der Waals surface area contributed by atoms with Crippen molar-refractivity contribution in [3.05, 3.63) is 12.7 Å². The van der Waals surface area contributed by atoms with Crippen LogP contribution in [-0.4, -0.2) is 11.1 Å². The molecule has 0 saturated carbocycles. The molecule has 0 fully saturated rings. The van der Waals surface area contributed by atoms with Crippen molar-refractivity contribution in [2.75, 3.05) is 0 Å². The minimum atomic E-state index is -0.654. The average Bonchev–Trinajstić information content (AvgIpc) is 2.23. The lowest BCUT2D eigenvalue weighted by Gasteiger charge is -2.13. The van der Waals surface area contributed by atoms with Gasteiger partial charge in [-0.1, -0.05) is 38.7 Å². The van der Waals surface area contributed by atoms with Crippen molar-refractivity contribution >= 4 is 5.97 Å². The van der Waals surface area contributed by atoms with Crippen LogP contribution >= 0.6 is 0 Å². The molecule has 0 aliphatic carbocycles. The minimum Gasteiger partial charge on any atom is -0.481 e. The maximum Gasteiger partial charge on any atom is 0.303 e. The highest BCUT2D eigenvalue weighted by molar-refractivity contribution is 5.66. The van der Waals surface area contributed by atoms with Crippen molar-refractivity contribution < 1.29 is 9.90 Å². The zero-order chi connectivity index (χ0) is 12.2. The third kappa shape index (κ3) is 9.75. The molecular formula is C14H26O2. The Bertz CT molecular complexity index is 187. The van der Waals surface area contributed by atoms with Crippen molar-refractivity contribution in [3.63, 3.8) is 0 Å². The van der Waals surface area contributed by atoms with Crippen LogP contribution in [-0.2, 0) is 4.79 Å². The third-order valence-corrected chi connectivity index (χ3v) is 2.95. The number of carboxylic acids is 1. The van der Waals surface area contributed by atoms with E-state index in [1.165, 1.54) is 25.7 Å². The quantitative estimate of drug-likeness (QED) is 0.418. The number of rotatable bonds is 11. The molecule has 0 aliphatic rings. The van der Waals surface area contributed by atoms with Crippen LogP contribution in [0.4, 0.5) is 0 Å². The van der Waals surface area contributed by atoms with E-state index in [0.29, 0.717) is 12.3 Å². The predicted octanol–water partition coefficient (Wildman–Crippen LogP) is 4.40. The van der Waals surface area contributed by atoms with Crippen LogP contribution in [0, 0.1) is 5.92 Å². The van der Waals surface area contributed by atoms with Gasteiger partial charge in [-0.05, 0) is 31.6 Å². The van der Waals surface area contributed by atoms with Crippen LogP contribution in [0.2, 0.25) is 0 Å². The number of hydrogen-bond donors (Lipinski definition) is 1. The summed E-state index contributed by atoms with van der Waals surface area (Å²) in [6.45, 7) is 5.88. The monoisotopic (exact) mass is 226 g/mol. The molecule has 0 spiro atoms. The van der Waals surface area contributed by atoms with Gasteiger partial charge in [-0.2, -0.15) is 0 Å². The van der Waals surface area contributed by atoms with Gasteiger partial charge in [-0.15, -0.1) is 6.58 Å². The summed E-state index contributed by atoms with van der Waals surface area (Å²) in [5, 5.41) is 8.82. The van der Waals surface area contributed by atoms with Gasteiger partial charge in [0.15, 0.2) is 0 Å². The lowest BCUT2D eigenvalue weighted by molar-refractivity contribution is -0.138. The Morgan fingerprint density at radius 3 is 2.50 bits per heavy atom. The summed E-state index contributed by atoms with van der Waals surface area (Å²) in [5.41, 5.74) is 0. The summed E-state index contributed by atoms with van der Waals surface area (Å²) < 4.78 is 0. The predicted molar refractivity (Wildman–Crippen MR) is 68.5 cm³/mol. The molecule has 0 radical (unpaired) electrons. The fraction of sp³-hybridized carbons (Fsp3) is 0.786. The Balaban J connectivity index is 3.71. The molecule has 1 N–H and O–H groups in total. The normalized spacial score (nSPS) is 12.3. The fourth-order valence-corrected chi connectivity index (χ4v) is 2.01. The summed E-state index contributed by atoms with van der Waals surface area (Å²) in [6, 6.07) is 0. The molecule has 0 aromatic carbocycles. The van der Waals surface area contributed by atoms with Gasteiger partial charge in [0, 0.05) is 6.42 Å². The van der Waals surface area contributed by atoms with E-state index in [1.807, 2.05) is 6.08 Å². The first-order chi connectivity index (χ1) is 7.70. The van der Waals surface area contributed by atoms with E-state index < -0.39 is 5.97 Å². The second-order valence-electron chi connectivity index (χ2n) is 4.53. The summed E-state index contributed by atoms with van der Waals surface area (Å²) in [6.07, 6.45) is 11.4. The molecule has 0 saturated heterocycles. The Kier molecular flexibility index (Phi) is 10.2. The number of unbranched alkanes of at least 4 members (excludes halogenated alkanes) is 4. The van der Waals surface area contributed by atoms with Gasteiger partial charge >= 0.3 is 5.97 Å². The Labute approximate surface area is 99.7 Å². The second kappa shape index (κ2) is 10.7. The van der Waals surface area contributed by atoms with Crippen molar-refractivity contribution in [2.45, 2.75) is 64.7 Å². The largest absolute Gasteiger partial charge is 0.481 e. The maximum absolute atomic E-state index is 10.7. The molecule has 1 unspecified atom stereocenters. The molecule has 0 rings (SSSR count). The van der Waals surface area contributed by atoms with Crippen LogP contribution in [0.1, 0.15) is 64.7 Å². The first-order valence-corrected chi connectivity index (χ1v) is 6.53. The zero-order valence-electron chi connectivity index (χ0n) is 10.6. The lowest BCUT2D eigenvalue weighted by atomic mass is 9.92. The van der Waals surface area contributed by atoms with Crippen LogP contribution < -0.4 is 0 Å². The fourth-order valence-electron chi connectivity index (χ4n) is 2.01. The first-order valence-electron chi connectivity index (χ1n) is 6.53. The van der Waals surface area contributed by atoms with Gasteiger partial charge in [-0.25, -0.2) is 0 Å². The van der Waals surface area contributed by atoms with E-state index in [-0.39, 0.29) is 0 Å². The number of carbonyl (C=O) groups is 1. The molecule has 0 bridgehead atoms. The SMILES string of the molecule is C=CCCCC(CCCCCC)CC(=O)O. The third-order valence-electron chi connectivity index (χ3n) is 2.95. The number of aliphatic carboxylic acids is 1. The Morgan fingerprint density at radius 2 is 1.94 bits per heavy atom. The molecule has 1 atom stereocenters. The number of carboxylic acid groups (broad SMARTS) is 1. The van der Waals surface area contributed by atoms with Gasteiger partial charge in [0.25, 0.3) is 0 Å². The number of hydrogen-bond acceptors (Lipinski definition) is 1. The standard InChI is InChI=1S/C14H26O2/c1-3-5-7-9-11-13(12-14(15)16)10-8-6-4-2/h4,13H,2-3,5-12H2,1H3,(H,15,16). The second-order valence-corrected chi connectivity index (χ2v) is 4.53. The smallest absolute Gasteiger partial charge is 0.303 e. The highest BCUT2D eigenvalue weighted by Gasteiger charge is 2.12. The summed E-state index contributed by atoms with van der Waals surface area (Å²) >= 11 is 0. The molecule has 0 aliphatic heterocycles. The van der Waals surface area contributed by atoms with E-state index in [1.54, 1.807) is 0 Å². The van der Waals surface area contributed by atoms with Crippen LogP contribution in [0.3, 0.4) is 0 Å². The molecule has 94 valence electrons. The topological polar surface area (TPSA) is 37.3 Å². The molecule has 2 heteroatoms.